The molecule has 0 fully saturated rings. The van der Waals surface area contributed by atoms with Gasteiger partial charge in [0.25, 0.3) is 17.5 Å². The van der Waals surface area contributed by atoms with Crippen LogP contribution in [0.5, 0.6) is 11.5 Å². The topological polar surface area (TPSA) is 137 Å². The van der Waals surface area contributed by atoms with E-state index in [1.54, 1.807) is 41.3 Å². The first-order chi connectivity index (χ1) is 17.8. The van der Waals surface area contributed by atoms with E-state index in [0.29, 0.717) is 52.8 Å². The smallest absolute Gasteiger partial charge is 0.269 e. The van der Waals surface area contributed by atoms with Crippen LogP contribution in [0.2, 0.25) is 5.02 Å². The Labute approximate surface area is 219 Å². The van der Waals surface area contributed by atoms with E-state index in [-0.39, 0.29) is 23.7 Å². The first-order valence-corrected chi connectivity index (χ1v) is 11.7. The number of carbonyl (C=O) groups is 2. The number of nitro benzene ring substituents is 1. The monoisotopic (exact) mass is 526 g/mol. The Morgan fingerprint density at radius 2 is 1.68 bits per heavy atom. The number of rotatable bonds is 11. The fourth-order valence-electron chi connectivity index (χ4n) is 3.60. The summed E-state index contributed by atoms with van der Waals surface area (Å²) in [6.45, 7) is 0.960. The fourth-order valence-corrected chi connectivity index (χ4v) is 3.78. The van der Waals surface area contributed by atoms with Gasteiger partial charge < -0.3 is 25.4 Å². The van der Waals surface area contributed by atoms with Crippen molar-refractivity contribution >= 4 is 34.8 Å². The van der Waals surface area contributed by atoms with Gasteiger partial charge in [0.1, 0.15) is 0 Å². The van der Waals surface area contributed by atoms with Crippen LogP contribution in [0.15, 0.2) is 60.7 Å². The van der Waals surface area contributed by atoms with Crippen molar-refractivity contribution in [2.45, 2.75) is 13.0 Å². The Hall–Kier alpha value is -4.15. The van der Waals surface area contributed by atoms with Crippen molar-refractivity contribution in [3.05, 3.63) is 92.5 Å². The maximum atomic E-state index is 13.4. The molecule has 0 saturated heterocycles. The molecular weight excluding hydrogens is 500 g/mol. The van der Waals surface area contributed by atoms with E-state index < -0.39 is 10.8 Å². The summed E-state index contributed by atoms with van der Waals surface area (Å²) in [4.78, 5) is 38.0. The van der Waals surface area contributed by atoms with Gasteiger partial charge in [0.05, 0.1) is 19.1 Å². The van der Waals surface area contributed by atoms with Crippen molar-refractivity contribution in [3.63, 3.8) is 0 Å². The molecular formula is C26H27ClN4O6. The molecule has 0 aliphatic rings. The van der Waals surface area contributed by atoms with Gasteiger partial charge in [-0.2, -0.15) is 0 Å². The summed E-state index contributed by atoms with van der Waals surface area (Å²) in [7, 11) is 3.01. The molecule has 0 radical (unpaired) electrons. The summed E-state index contributed by atoms with van der Waals surface area (Å²) in [5.41, 5.74) is 7.34. The lowest BCUT2D eigenvalue weighted by Gasteiger charge is -2.24. The molecule has 194 valence electrons. The lowest BCUT2D eigenvalue weighted by atomic mass is 10.1. The molecule has 3 aromatic rings. The molecule has 0 unspecified atom stereocenters. The number of nitrogens with two attached hydrogens (primary N) is 1. The minimum Gasteiger partial charge on any atom is -0.493 e. The molecule has 0 spiro atoms. The van der Waals surface area contributed by atoms with E-state index in [2.05, 4.69) is 5.32 Å². The molecule has 0 heterocycles. The number of nitrogens with one attached hydrogen (secondary N) is 1. The first kappa shape index (κ1) is 27.4. The Kier molecular flexibility index (Phi) is 9.42. The molecule has 0 aliphatic carbocycles. The highest BCUT2D eigenvalue weighted by Gasteiger charge is 2.20. The second-order valence-electron chi connectivity index (χ2n) is 8.00. The predicted octanol–water partition coefficient (Wildman–Crippen LogP) is 4.51. The summed E-state index contributed by atoms with van der Waals surface area (Å²) in [5, 5.41) is 14.0. The second kappa shape index (κ2) is 12.7. The molecule has 3 rings (SSSR count). The van der Waals surface area contributed by atoms with Crippen molar-refractivity contribution < 1.29 is 24.0 Å². The lowest BCUT2D eigenvalue weighted by molar-refractivity contribution is -0.384. The Balaban J connectivity index is 1.82. The highest BCUT2D eigenvalue weighted by atomic mass is 35.5. The average molecular weight is 527 g/mol. The van der Waals surface area contributed by atoms with Crippen LogP contribution in [0.4, 0.5) is 11.4 Å². The molecule has 10 nitrogen and oxygen atoms in total. The van der Waals surface area contributed by atoms with Gasteiger partial charge in [-0.05, 0) is 67.1 Å². The fraction of sp³-hybridized carbons (Fsp3) is 0.231. The molecule has 0 atom stereocenters. The standard InChI is InChI=1S/C26H27ClN4O6/c1-36-23-11-6-18(15-24(23)37-2)26(33)30(13-3-12-28)16-19-14-20(7-10-22(19)27)29-25(32)17-4-8-21(9-5-17)31(34)35/h4-11,14-15H,3,12-13,16,28H2,1-2H3,(H,29,32). The van der Waals surface area contributed by atoms with Gasteiger partial charge in [0, 0.05) is 47.1 Å². The normalized spacial score (nSPS) is 10.5. The van der Waals surface area contributed by atoms with Gasteiger partial charge in [-0.1, -0.05) is 11.6 Å². The molecule has 3 N–H and O–H groups in total. The summed E-state index contributed by atoms with van der Waals surface area (Å²) >= 11 is 6.44. The van der Waals surface area contributed by atoms with Crippen LogP contribution >= 0.6 is 11.6 Å². The predicted molar refractivity (Wildman–Crippen MR) is 140 cm³/mol. The SMILES string of the molecule is COc1ccc(C(=O)N(CCCN)Cc2cc(NC(=O)c3ccc([N+](=O)[O-])cc3)ccc2Cl)cc1OC. The number of benzene rings is 3. The van der Waals surface area contributed by atoms with Crippen molar-refractivity contribution in [1.82, 2.24) is 4.90 Å². The highest BCUT2D eigenvalue weighted by Crippen LogP contribution is 2.29. The van der Waals surface area contributed by atoms with Crippen molar-refractivity contribution in [2.24, 2.45) is 5.73 Å². The Bertz CT molecular complexity index is 1280. The molecule has 11 heteroatoms. The minimum absolute atomic E-state index is 0.109. The molecule has 0 aromatic heterocycles. The maximum absolute atomic E-state index is 13.4. The Morgan fingerprint density at radius 1 is 1.00 bits per heavy atom. The first-order valence-electron chi connectivity index (χ1n) is 11.3. The zero-order valence-electron chi connectivity index (χ0n) is 20.4. The molecule has 0 aliphatic heterocycles. The third-order valence-electron chi connectivity index (χ3n) is 5.55. The summed E-state index contributed by atoms with van der Waals surface area (Å²) in [5.74, 6) is 0.253. The van der Waals surface area contributed by atoms with Gasteiger partial charge in [-0.3, -0.25) is 19.7 Å². The van der Waals surface area contributed by atoms with Crippen LogP contribution in [0.1, 0.15) is 32.7 Å². The van der Waals surface area contributed by atoms with Crippen molar-refractivity contribution in [1.29, 1.82) is 0 Å². The number of amides is 2. The van der Waals surface area contributed by atoms with Crippen molar-refractivity contribution in [2.75, 3.05) is 32.6 Å². The number of carbonyl (C=O) groups excluding carboxylic acids is 2. The van der Waals surface area contributed by atoms with Crippen LogP contribution in [-0.2, 0) is 6.54 Å². The summed E-state index contributed by atoms with van der Waals surface area (Å²) in [6, 6.07) is 15.1. The number of non-ortho nitro benzene ring substituents is 1. The number of hydrogen-bond donors (Lipinski definition) is 2. The second-order valence-corrected chi connectivity index (χ2v) is 8.41. The van der Waals surface area contributed by atoms with Crippen LogP contribution < -0.4 is 20.5 Å². The van der Waals surface area contributed by atoms with E-state index in [1.807, 2.05) is 0 Å². The van der Waals surface area contributed by atoms with E-state index in [1.165, 1.54) is 38.5 Å². The zero-order valence-corrected chi connectivity index (χ0v) is 21.2. The molecule has 3 aromatic carbocycles. The van der Waals surface area contributed by atoms with E-state index in [9.17, 15) is 19.7 Å². The largest absolute Gasteiger partial charge is 0.493 e. The molecule has 2 amide bonds. The third-order valence-corrected chi connectivity index (χ3v) is 5.92. The number of anilines is 1. The number of halogens is 1. The molecule has 0 saturated carbocycles. The van der Waals surface area contributed by atoms with Crippen LogP contribution in [0.25, 0.3) is 0 Å². The number of methoxy groups -OCH3 is 2. The number of hydrogen-bond acceptors (Lipinski definition) is 7. The maximum Gasteiger partial charge on any atom is 0.269 e. The van der Waals surface area contributed by atoms with Crippen molar-refractivity contribution in [3.8, 4) is 11.5 Å². The Morgan fingerprint density at radius 3 is 2.30 bits per heavy atom. The highest BCUT2D eigenvalue weighted by molar-refractivity contribution is 6.31. The zero-order chi connectivity index (χ0) is 26.9. The van der Waals surface area contributed by atoms with Crippen LogP contribution in [0, 0.1) is 10.1 Å². The number of ether oxygens (including phenoxy) is 2. The van der Waals surface area contributed by atoms with E-state index in [0.717, 1.165) is 0 Å². The number of nitrogens with zero attached hydrogens (tertiary/aromatic N) is 2. The minimum atomic E-state index is -0.535. The number of nitro groups is 1. The average Bonchev–Trinajstić information content (AvgIpc) is 2.91. The molecule has 37 heavy (non-hydrogen) atoms. The van der Waals surface area contributed by atoms with Crippen LogP contribution in [-0.4, -0.2) is 48.9 Å². The van der Waals surface area contributed by atoms with E-state index >= 15 is 0 Å². The van der Waals surface area contributed by atoms with Gasteiger partial charge in [0.15, 0.2) is 11.5 Å². The van der Waals surface area contributed by atoms with Gasteiger partial charge >= 0.3 is 0 Å². The third kappa shape index (κ3) is 6.96. The van der Waals surface area contributed by atoms with Gasteiger partial charge in [0.2, 0.25) is 0 Å². The lowest BCUT2D eigenvalue weighted by Crippen LogP contribution is -2.32. The van der Waals surface area contributed by atoms with E-state index in [4.69, 9.17) is 26.8 Å². The summed E-state index contributed by atoms with van der Waals surface area (Å²) in [6.07, 6.45) is 0.577. The van der Waals surface area contributed by atoms with Crippen LogP contribution in [0.3, 0.4) is 0 Å². The van der Waals surface area contributed by atoms with Gasteiger partial charge in [-0.25, -0.2) is 0 Å². The quantitative estimate of drug-likeness (QED) is 0.277. The van der Waals surface area contributed by atoms with Gasteiger partial charge in [-0.15, -0.1) is 0 Å². The summed E-state index contributed by atoms with van der Waals surface area (Å²) < 4.78 is 10.6. The molecule has 0 bridgehead atoms.